The van der Waals surface area contributed by atoms with E-state index in [1.807, 2.05) is 51.2 Å². The fourth-order valence-electron chi connectivity index (χ4n) is 11.6. The quantitative estimate of drug-likeness (QED) is 0.0542. The summed E-state index contributed by atoms with van der Waals surface area (Å²) >= 11 is 0. The standard InChI is InChI=1S/C59H88N2O19P2/c1-35-16-12-11-13-17-36(2)49(75-8)32-44-23-19-41(7)59(69,80-44)55(65)56(66)61-27-15-14-18-46(61)57(67)78-50(33-47(62)37(3)29-40(6)53(64)54(77-10)52(63)39(5)28-35)38(4)30-42-20-26-48(51(31-42)76-9)79-58(68)60-43-21-24-45(25-22-43)81(70,71)34-82(72,73)74/h11-13,16-17,21-22,24-25,29,35,37-39,41-42,44,46,48-51,53-54,64,69H,14-15,18-20,23,26-28,30-34H2,1-10H3,(H,60,68)(H,70,71)(H2,72,73,74)/b13-11+,16-12+,36-17+,40-29+/t35-,37-,38-,39-,41-,42-,44+,46+,48-,49+,50+,51-,53-,54+,59-/m1/s1. The zero-order valence-electron chi connectivity index (χ0n) is 49.0. The first-order chi connectivity index (χ1) is 38.5. The van der Waals surface area contributed by atoms with E-state index in [1.165, 1.54) is 38.5 Å². The summed E-state index contributed by atoms with van der Waals surface area (Å²) in [6.45, 7) is 12.4. The van der Waals surface area contributed by atoms with E-state index in [2.05, 4.69) is 5.32 Å². The number of amides is 2. The Balaban J connectivity index is 1.40. The van der Waals surface area contributed by atoms with Crippen LogP contribution in [0.25, 0.3) is 0 Å². The molecule has 1 aromatic carbocycles. The van der Waals surface area contributed by atoms with Gasteiger partial charge >= 0.3 is 19.7 Å². The lowest BCUT2D eigenvalue weighted by atomic mass is 9.78. The number of rotatable bonds is 11. The first kappa shape index (κ1) is 68.3. The second kappa shape index (κ2) is 30.5. The molecule has 1 unspecified atom stereocenters. The molecule has 2 bridgehead atoms. The number of esters is 1. The summed E-state index contributed by atoms with van der Waals surface area (Å²) in [5, 5.41) is 26.0. The maximum Gasteiger partial charge on any atom is 0.411 e. The van der Waals surface area contributed by atoms with E-state index in [0.29, 0.717) is 63.4 Å². The minimum absolute atomic E-state index is 0.0185. The molecule has 16 atom stereocenters. The van der Waals surface area contributed by atoms with Gasteiger partial charge in [0.15, 0.2) is 5.78 Å². The van der Waals surface area contributed by atoms with Crippen LogP contribution in [0, 0.1) is 35.5 Å². The molecule has 1 aliphatic carbocycles. The number of Topliss-reactive ketones (excluding diaryl/α,β-unsaturated/α-hetero) is 3. The largest absolute Gasteiger partial charge is 0.460 e. The summed E-state index contributed by atoms with van der Waals surface area (Å²) < 4.78 is 59.5. The van der Waals surface area contributed by atoms with E-state index in [1.54, 1.807) is 40.9 Å². The van der Waals surface area contributed by atoms with Crippen molar-refractivity contribution in [3.8, 4) is 0 Å². The maximum absolute atomic E-state index is 14.6. The van der Waals surface area contributed by atoms with Gasteiger partial charge in [-0.05, 0) is 131 Å². The molecule has 0 spiro atoms. The third kappa shape index (κ3) is 18.7. The maximum atomic E-state index is 14.6. The number of nitrogens with zero attached hydrogens (tertiary/aromatic N) is 1. The Morgan fingerprint density at radius 1 is 0.841 bits per heavy atom. The topological polar surface area (TPSA) is 308 Å². The van der Waals surface area contributed by atoms with Crippen molar-refractivity contribution < 1.29 is 91.2 Å². The number of fused-ring (bicyclic) bond motifs is 3. The normalized spacial score (nSPS) is 35.3. The highest BCUT2D eigenvalue weighted by atomic mass is 31.2. The lowest BCUT2D eigenvalue weighted by molar-refractivity contribution is -0.265. The number of hydrogen-bond donors (Lipinski definition) is 6. The number of nitrogens with one attached hydrogen (secondary N) is 1. The number of benzene rings is 1. The van der Waals surface area contributed by atoms with Crippen LogP contribution in [0.2, 0.25) is 0 Å². The lowest BCUT2D eigenvalue weighted by Gasteiger charge is -2.42. The van der Waals surface area contributed by atoms with E-state index in [0.717, 1.165) is 10.5 Å². The first-order valence-electron chi connectivity index (χ1n) is 28.5. The van der Waals surface area contributed by atoms with Crippen LogP contribution in [-0.2, 0) is 61.5 Å². The van der Waals surface area contributed by atoms with Crippen LogP contribution in [0.1, 0.15) is 126 Å². The van der Waals surface area contributed by atoms with Gasteiger partial charge in [-0.3, -0.25) is 33.6 Å². The molecular formula is C59H88N2O19P2. The van der Waals surface area contributed by atoms with Crippen molar-refractivity contribution in [2.45, 2.75) is 180 Å². The minimum Gasteiger partial charge on any atom is -0.460 e. The fraction of sp³-hybridized carbons (Fsp3) is 0.661. The number of hydrogen-bond acceptors (Lipinski definition) is 16. The van der Waals surface area contributed by atoms with E-state index >= 15 is 0 Å². The fourth-order valence-corrected chi connectivity index (χ4v) is 14.9. The monoisotopic (exact) mass is 1190 g/mol. The number of anilines is 1. The molecule has 3 fully saturated rings. The molecule has 21 nitrogen and oxygen atoms in total. The van der Waals surface area contributed by atoms with Crippen LogP contribution in [0.4, 0.5) is 10.5 Å². The summed E-state index contributed by atoms with van der Waals surface area (Å²) in [5.41, 5.74) is 1.36. The molecular weight excluding hydrogens is 1100 g/mol. The number of carbonyl (C=O) groups excluding carboxylic acids is 6. The highest BCUT2D eigenvalue weighted by Gasteiger charge is 2.53. The third-order valence-electron chi connectivity index (χ3n) is 16.6. The lowest BCUT2D eigenvalue weighted by Crippen LogP contribution is -2.61. The van der Waals surface area contributed by atoms with Gasteiger partial charge in [-0.25, -0.2) is 9.59 Å². The summed E-state index contributed by atoms with van der Waals surface area (Å²) in [4.78, 5) is 115. The summed E-state index contributed by atoms with van der Waals surface area (Å²) in [7, 11) is -4.82. The average Bonchev–Trinajstić information content (AvgIpc) is 3.37. The first-order valence-corrected chi connectivity index (χ1v) is 32.1. The Kier molecular flexibility index (Phi) is 25.4. The molecule has 0 aromatic heterocycles. The molecule has 5 rings (SSSR count). The van der Waals surface area contributed by atoms with Crippen LogP contribution in [0.3, 0.4) is 0 Å². The van der Waals surface area contributed by atoms with Gasteiger partial charge in [-0.2, -0.15) is 0 Å². The number of methoxy groups -OCH3 is 3. The van der Waals surface area contributed by atoms with Crippen LogP contribution in [-0.4, -0.2) is 153 Å². The molecule has 1 saturated carbocycles. The number of aliphatic hydroxyl groups excluding tert-OH is 1. The molecule has 6 N–H and O–H groups in total. The number of ether oxygens (including phenoxy) is 6. The zero-order valence-corrected chi connectivity index (χ0v) is 50.8. The minimum atomic E-state index is -4.80. The highest BCUT2D eigenvalue weighted by Crippen LogP contribution is 2.54. The number of aliphatic hydroxyl groups is 2. The SMILES string of the molecule is CO[C@H]1C[C@@H]2CC[C@@H](C)[C@@](O)(O2)C(=O)C(=O)N2CCCC[C@H]2C(=O)O[C@H]([C@H](C)C[C@H]2CC[C@@H](OC(=O)Nc3ccc(P(=O)(O)CP(=O)(O)O)cc3)[C@H](OC)C2)CC(=O)[C@H](C)/C=C(\C)[C@@H](O)[C@@H](OC)C(=O)[C@H](C)C[C@H](C)/C=C/C=C/C=C/1C. The Morgan fingerprint density at radius 3 is 2.18 bits per heavy atom. The van der Waals surface area contributed by atoms with Crippen LogP contribution < -0.4 is 10.6 Å². The van der Waals surface area contributed by atoms with E-state index in [4.69, 9.17) is 28.4 Å². The predicted octanol–water partition coefficient (Wildman–Crippen LogP) is 7.47. The number of carbonyl (C=O) groups is 6. The molecule has 23 heteroatoms. The number of ketones is 3. The molecule has 3 aliphatic heterocycles. The third-order valence-corrected chi connectivity index (χ3v) is 20.7. The second-order valence-electron chi connectivity index (χ2n) is 23.1. The number of allylic oxidation sites excluding steroid dienone is 6. The smallest absolute Gasteiger partial charge is 0.411 e. The van der Waals surface area contributed by atoms with Crippen LogP contribution in [0.5, 0.6) is 0 Å². The number of cyclic esters (lactones) is 1. The summed E-state index contributed by atoms with van der Waals surface area (Å²) in [5.74, 6) is -10.2. The van der Waals surface area contributed by atoms with Gasteiger partial charge in [0, 0.05) is 69.5 Å². The van der Waals surface area contributed by atoms with Gasteiger partial charge in [0.05, 0.1) is 18.3 Å². The molecule has 458 valence electrons. The second-order valence-corrected chi connectivity index (χ2v) is 27.5. The van der Waals surface area contributed by atoms with Gasteiger partial charge in [0.25, 0.3) is 11.7 Å². The average molecular weight is 1190 g/mol. The molecule has 82 heavy (non-hydrogen) atoms. The summed E-state index contributed by atoms with van der Waals surface area (Å²) in [6.07, 6.45) is 8.19. The molecule has 0 radical (unpaired) electrons. The summed E-state index contributed by atoms with van der Waals surface area (Å²) in [6, 6.07) is 3.73. The molecule has 3 heterocycles. The van der Waals surface area contributed by atoms with Crippen molar-refractivity contribution in [2.75, 3.05) is 39.1 Å². The molecule has 2 amide bonds. The zero-order chi connectivity index (χ0) is 60.9. The number of piperidine rings is 1. The van der Waals surface area contributed by atoms with Crippen molar-refractivity contribution in [1.82, 2.24) is 4.90 Å². The van der Waals surface area contributed by atoms with Gasteiger partial charge < -0.3 is 58.2 Å². The van der Waals surface area contributed by atoms with E-state index < -0.39 is 123 Å². The van der Waals surface area contributed by atoms with Crippen molar-refractivity contribution in [1.29, 1.82) is 0 Å². The molecule has 1 aromatic rings. The van der Waals surface area contributed by atoms with Gasteiger partial charge in [-0.1, -0.05) is 71.1 Å². The van der Waals surface area contributed by atoms with Crippen LogP contribution in [0.15, 0.2) is 71.9 Å². The predicted molar refractivity (Wildman–Crippen MR) is 306 cm³/mol. The Hall–Kier alpha value is -4.50. The Bertz CT molecular complexity index is 2620. The van der Waals surface area contributed by atoms with E-state index in [-0.39, 0.29) is 60.2 Å². The molecule has 4 aliphatic rings. The van der Waals surface area contributed by atoms with Gasteiger partial charge in [0.2, 0.25) is 13.2 Å². The van der Waals surface area contributed by atoms with Crippen LogP contribution >= 0.6 is 15.0 Å². The molecule has 2 saturated heterocycles. The van der Waals surface area contributed by atoms with Crippen molar-refractivity contribution in [2.24, 2.45) is 35.5 Å². The van der Waals surface area contributed by atoms with Crippen molar-refractivity contribution in [3.05, 3.63) is 71.9 Å². The highest BCUT2D eigenvalue weighted by molar-refractivity contribution is 7.77. The van der Waals surface area contributed by atoms with Crippen molar-refractivity contribution >= 4 is 61.3 Å². The van der Waals surface area contributed by atoms with E-state index in [9.17, 15) is 62.8 Å². The van der Waals surface area contributed by atoms with Gasteiger partial charge in [-0.15, -0.1) is 0 Å². The van der Waals surface area contributed by atoms with Crippen molar-refractivity contribution in [3.63, 3.8) is 0 Å². The Labute approximate surface area is 482 Å². The van der Waals surface area contributed by atoms with Gasteiger partial charge in [0.1, 0.15) is 42.1 Å². The Morgan fingerprint density at radius 2 is 1.54 bits per heavy atom.